The summed E-state index contributed by atoms with van der Waals surface area (Å²) in [4.78, 5) is 1.12. The third-order valence-corrected chi connectivity index (χ3v) is 5.41. The molecule has 108 valence electrons. The number of benzene rings is 2. The zero-order valence-corrected chi connectivity index (χ0v) is 14.5. The summed E-state index contributed by atoms with van der Waals surface area (Å²) < 4.78 is 7.58. The summed E-state index contributed by atoms with van der Waals surface area (Å²) in [5.41, 5.74) is 0.945. The molecule has 0 aliphatic carbocycles. The van der Waals surface area contributed by atoms with E-state index < -0.39 is 0 Å². The van der Waals surface area contributed by atoms with Crippen molar-refractivity contribution in [2.24, 2.45) is 0 Å². The van der Waals surface area contributed by atoms with Crippen molar-refractivity contribution in [3.05, 3.63) is 56.8 Å². The quantitative estimate of drug-likeness (QED) is 0.603. The summed E-state index contributed by atoms with van der Waals surface area (Å²) >= 11 is 11.6. The summed E-state index contributed by atoms with van der Waals surface area (Å²) in [7, 11) is 1.67. The van der Waals surface area contributed by atoms with E-state index in [0.717, 1.165) is 31.2 Å². The van der Waals surface area contributed by atoms with Crippen molar-refractivity contribution in [2.45, 2.75) is 6.54 Å². The lowest BCUT2D eigenvalue weighted by Gasteiger charge is -2.11. The molecule has 0 saturated heterocycles. The summed E-state index contributed by atoms with van der Waals surface area (Å²) in [6.07, 6.45) is 0. The maximum Gasteiger partial charge on any atom is 0.142 e. The van der Waals surface area contributed by atoms with Crippen molar-refractivity contribution < 1.29 is 4.74 Å². The van der Waals surface area contributed by atoms with E-state index in [1.165, 1.54) is 4.70 Å². The van der Waals surface area contributed by atoms with Gasteiger partial charge < -0.3 is 10.1 Å². The average molecular weight is 383 g/mol. The SMILES string of the molecule is COc1ccc(Br)cc1NCc1sc2ccccc2c1Cl. The number of nitrogens with one attached hydrogen (secondary N) is 1. The largest absolute Gasteiger partial charge is 0.495 e. The highest BCUT2D eigenvalue weighted by molar-refractivity contribution is 9.10. The number of hydrogen-bond donors (Lipinski definition) is 1. The van der Waals surface area contributed by atoms with Crippen LogP contribution >= 0.6 is 38.9 Å². The predicted molar refractivity (Wildman–Crippen MR) is 94.9 cm³/mol. The normalized spacial score (nSPS) is 10.8. The van der Waals surface area contributed by atoms with E-state index in [1.807, 2.05) is 30.3 Å². The number of ether oxygens (including phenoxy) is 1. The van der Waals surface area contributed by atoms with E-state index in [2.05, 4.69) is 33.4 Å². The van der Waals surface area contributed by atoms with Crippen molar-refractivity contribution in [3.63, 3.8) is 0 Å². The Morgan fingerprint density at radius 2 is 2.05 bits per heavy atom. The molecule has 0 spiro atoms. The minimum atomic E-state index is 0.672. The fourth-order valence-corrected chi connectivity index (χ4v) is 3.97. The molecule has 21 heavy (non-hydrogen) atoms. The Hall–Kier alpha value is -1.23. The molecule has 0 amide bonds. The molecule has 0 unspecified atom stereocenters. The number of anilines is 1. The van der Waals surface area contributed by atoms with Crippen LogP contribution in [0.1, 0.15) is 4.88 Å². The summed E-state index contributed by atoms with van der Waals surface area (Å²) in [6, 6.07) is 14.1. The Kier molecular flexibility index (Phi) is 4.38. The van der Waals surface area contributed by atoms with E-state index in [1.54, 1.807) is 18.4 Å². The predicted octanol–water partition coefficient (Wildman–Crippen LogP) is 5.94. The Bertz CT molecular complexity index is 787. The molecule has 0 fully saturated rings. The zero-order chi connectivity index (χ0) is 14.8. The van der Waals surface area contributed by atoms with E-state index in [4.69, 9.17) is 16.3 Å². The molecule has 2 aromatic carbocycles. The van der Waals surface area contributed by atoms with E-state index >= 15 is 0 Å². The second kappa shape index (κ2) is 6.26. The van der Waals surface area contributed by atoms with Crippen LogP contribution in [0.2, 0.25) is 5.02 Å². The van der Waals surface area contributed by atoms with Gasteiger partial charge in [-0.05, 0) is 24.3 Å². The number of rotatable bonds is 4. The van der Waals surface area contributed by atoms with Crippen molar-refractivity contribution in [3.8, 4) is 5.75 Å². The Morgan fingerprint density at radius 3 is 2.81 bits per heavy atom. The van der Waals surface area contributed by atoms with Gasteiger partial charge in [0, 0.05) is 19.4 Å². The van der Waals surface area contributed by atoms with Crippen LogP contribution in [0, 0.1) is 0 Å². The van der Waals surface area contributed by atoms with Crippen molar-refractivity contribution >= 4 is 54.6 Å². The summed E-state index contributed by atoms with van der Waals surface area (Å²) in [5, 5.41) is 5.34. The van der Waals surface area contributed by atoms with Crippen LogP contribution in [0.3, 0.4) is 0 Å². The van der Waals surface area contributed by atoms with Gasteiger partial charge in [-0.1, -0.05) is 45.7 Å². The fraction of sp³-hybridized carbons (Fsp3) is 0.125. The molecule has 2 nitrogen and oxygen atoms in total. The van der Waals surface area contributed by atoms with Crippen LogP contribution in [0.5, 0.6) is 5.75 Å². The Morgan fingerprint density at radius 1 is 1.24 bits per heavy atom. The molecule has 0 aliphatic heterocycles. The highest BCUT2D eigenvalue weighted by Gasteiger charge is 2.10. The van der Waals surface area contributed by atoms with Crippen LogP contribution in [0.4, 0.5) is 5.69 Å². The first-order valence-corrected chi connectivity index (χ1v) is 8.41. The third-order valence-electron chi connectivity index (χ3n) is 3.20. The number of hydrogen-bond acceptors (Lipinski definition) is 3. The first-order valence-electron chi connectivity index (χ1n) is 6.42. The molecule has 3 aromatic rings. The number of fused-ring (bicyclic) bond motifs is 1. The van der Waals surface area contributed by atoms with Gasteiger partial charge in [0.05, 0.1) is 24.4 Å². The molecule has 3 rings (SSSR count). The lowest BCUT2D eigenvalue weighted by molar-refractivity contribution is 0.416. The number of thiophene rings is 1. The fourth-order valence-electron chi connectivity index (χ4n) is 2.17. The van der Waals surface area contributed by atoms with Crippen LogP contribution < -0.4 is 10.1 Å². The van der Waals surface area contributed by atoms with Crippen molar-refractivity contribution in [2.75, 3.05) is 12.4 Å². The Balaban J connectivity index is 1.87. The molecule has 1 N–H and O–H groups in total. The van der Waals surface area contributed by atoms with Gasteiger partial charge in [-0.25, -0.2) is 0 Å². The van der Waals surface area contributed by atoms with Gasteiger partial charge in [-0.2, -0.15) is 0 Å². The molecule has 5 heteroatoms. The maximum absolute atomic E-state index is 6.46. The van der Waals surface area contributed by atoms with Crippen molar-refractivity contribution in [1.82, 2.24) is 0 Å². The number of halogens is 2. The minimum absolute atomic E-state index is 0.672. The van der Waals surface area contributed by atoms with Gasteiger partial charge in [-0.15, -0.1) is 11.3 Å². The average Bonchev–Trinajstić information content (AvgIpc) is 2.82. The first-order chi connectivity index (χ1) is 10.2. The smallest absolute Gasteiger partial charge is 0.142 e. The lowest BCUT2D eigenvalue weighted by Crippen LogP contribution is -2.00. The monoisotopic (exact) mass is 381 g/mol. The lowest BCUT2D eigenvalue weighted by atomic mass is 10.2. The van der Waals surface area contributed by atoms with Crippen LogP contribution in [-0.2, 0) is 6.54 Å². The van der Waals surface area contributed by atoms with Crippen LogP contribution in [0.25, 0.3) is 10.1 Å². The van der Waals surface area contributed by atoms with Gasteiger partial charge in [-0.3, -0.25) is 0 Å². The molecular formula is C16H13BrClNOS. The highest BCUT2D eigenvalue weighted by Crippen LogP contribution is 2.36. The standard InChI is InChI=1S/C16H13BrClNOS/c1-20-13-7-6-10(17)8-12(13)19-9-15-16(18)11-4-2-3-5-14(11)21-15/h2-8,19H,9H2,1H3. The minimum Gasteiger partial charge on any atom is -0.495 e. The van der Waals surface area contributed by atoms with Gasteiger partial charge in [0.25, 0.3) is 0 Å². The van der Waals surface area contributed by atoms with Gasteiger partial charge >= 0.3 is 0 Å². The van der Waals surface area contributed by atoms with E-state index in [-0.39, 0.29) is 0 Å². The van der Waals surface area contributed by atoms with E-state index in [9.17, 15) is 0 Å². The molecular weight excluding hydrogens is 370 g/mol. The second-order valence-corrected chi connectivity index (χ2v) is 6.96. The maximum atomic E-state index is 6.46. The third kappa shape index (κ3) is 3.03. The molecule has 1 aromatic heterocycles. The molecule has 0 aliphatic rings. The van der Waals surface area contributed by atoms with Gasteiger partial charge in [0.1, 0.15) is 5.75 Å². The molecule has 0 bridgehead atoms. The van der Waals surface area contributed by atoms with E-state index in [0.29, 0.717) is 6.54 Å². The molecule has 1 heterocycles. The molecule has 0 saturated carbocycles. The first kappa shape index (κ1) is 14.7. The van der Waals surface area contributed by atoms with Crippen molar-refractivity contribution in [1.29, 1.82) is 0 Å². The van der Waals surface area contributed by atoms with Gasteiger partial charge in [0.2, 0.25) is 0 Å². The van der Waals surface area contributed by atoms with Crippen LogP contribution in [0.15, 0.2) is 46.9 Å². The Labute approximate surface area is 140 Å². The highest BCUT2D eigenvalue weighted by atomic mass is 79.9. The zero-order valence-electron chi connectivity index (χ0n) is 11.3. The molecule has 0 radical (unpaired) electrons. The van der Waals surface area contributed by atoms with Gasteiger partial charge in [0.15, 0.2) is 0 Å². The molecule has 0 atom stereocenters. The second-order valence-electron chi connectivity index (χ2n) is 4.53. The number of methoxy groups -OCH3 is 1. The summed E-state index contributed by atoms with van der Waals surface area (Å²) in [6.45, 7) is 0.672. The van der Waals surface area contributed by atoms with Crippen LogP contribution in [-0.4, -0.2) is 7.11 Å². The summed E-state index contributed by atoms with van der Waals surface area (Å²) in [5.74, 6) is 0.815. The topological polar surface area (TPSA) is 21.3 Å².